The van der Waals surface area contributed by atoms with E-state index in [-0.39, 0.29) is 12.1 Å². The Bertz CT molecular complexity index is 306. The molecule has 0 amide bonds. The van der Waals surface area contributed by atoms with E-state index in [1.165, 1.54) is 32.4 Å². The Hall–Kier alpha value is -0.160. The van der Waals surface area contributed by atoms with Crippen molar-refractivity contribution in [2.75, 3.05) is 46.9 Å². The lowest BCUT2D eigenvalue weighted by Crippen LogP contribution is -2.59. The summed E-state index contributed by atoms with van der Waals surface area (Å²) in [6, 6.07) is 0.425. The van der Waals surface area contributed by atoms with Crippen LogP contribution in [0.1, 0.15) is 33.1 Å². The molecule has 1 aliphatic heterocycles. The van der Waals surface area contributed by atoms with Crippen molar-refractivity contribution < 1.29 is 5.11 Å². The summed E-state index contributed by atoms with van der Waals surface area (Å²) in [6.07, 6.45) is 3.84. The Kier molecular flexibility index (Phi) is 5.46. The Balaban J connectivity index is 1.89. The number of nitrogens with zero attached hydrogens (tertiary/aromatic N) is 2. The maximum absolute atomic E-state index is 9.99. The van der Waals surface area contributed by atoms with Crippen molar-refractivity contribution in [3.05, 3.63) is 0 Å². The van der Waals surface area contributed by atoms with E-state index in [1.54, 1.807) is 0 Å². The molecule has 1 saturated carbocycles. The predicted molar refractivity (Wildman–Crippen MR) is 83.9 cm³/mol. The number of likely N-dealkylation sites (N-methyl/N-ethyl adjacent to an activating group) is 1. The summed E-state index contributed by atoms with van der Waals surface area (Å²) < 4.78 is 0. The maximum Gasteiger partial charge on any atom is 0.0628 e. The number of hydrogen-bond acceptors (Lipinski definition) is 4. The fraction of sp³-hybridized carbons (Fsp3) is 1.00. The minimum atomic E-state index is -0.0899. The molecule has 1 saturated heterocycles. The topological polar surface area (TPSA) is 38.7 Å². The van der Waals surface area contributed by atoms with Gasteiger partial charge in [0.25, 0.3) is 0 Å². The summed E-state index contributed by atoms with van der Waals surface area (Å²) in [4.78, 5) is 4.86. The average molecular weight is 283 g/mol. The maximum atomic E-state index is 9.99. The highest BCUT2D eigenvalue weighted by atomic mass is 16.3. The third kappa shape index (κ3) is 4.17. The van der Waals surface area contributed by atoms with Gasteiger partial charge in [-0.1, -0.05) is 13.8 Å². The molecule has 118 valence electrons. The molecule has 0 aromatic carbocycles. The van der Waals surface area contributed by atoms with Crippen LogP contribution in [0.4, 0.5) is 0 Å². The van der Waals surface area contributed by atoms with Crippen LogP contribution in [0.25, 0.3) is 0 Å². The summed E-state index contributed by atoms with van der Waals surface area (Å²) in [7, 11) is 4.43. The van der Waals surface area contributed by atoms with Crippen LogP contribution >= 0.6 is 0 Å². The molecule has 2 N–H and O–H groups in total. The average Bonchev–Trinajstić information content (AvgIpc) is 3.13. The van der Waals surface area contributed by atoms with Gasteiger partial charge in [0, 0.05) is 25.7 Å². The summed E-state index contributed by atoms with van der Waals surface area (Å²) in [5.41, 5.74) is -0.0899. The van der Waals surface area contributed by atoms with E-state index in [4.69, 9.17) is 0 Å². The Morgan fingerprint density at radius 3 is 2.50 bits per heavy atom. The monoisotopic (exact) mass is 283 g/mol. The van der Waals surface area contributed by atoms with Crippen molar-refractivity contribution in [3.8, 4) is 0 Å². The fourth-order valence-electron chi connectivity index (χ4n) is 3.89. The summed E-state index contributed by atoms with van der Waals surface area (Å²) in [5, 5.41) is 13.7. The van der Waals surface area contributed by atoms with Gasteiger partial charge in [-0.2, -0.15) is 0 Å². The molecule has 0 aromatic rings. The molecule has 2 atom stereocenters. The molecule has 4 heteroatoms. The van der Waals surface area contributed by atoms with Crippen LogP contribution < -0.4 is 5.32 Å². The number of likely N-dealkylation sites (tertiary alicyclic amines) is 1. The highest BCUT2D eigenvalue weighted by molar-refractivity contribution is 5.03. The largest absolute Gasteiger partial charge is 0.394 e. The van der Waals surface area contributed by atoms with Gasteiger partial charge < -0.3 is 20.2 Å². The van der Waals surface area contributed by atoms with E-state index in [1.807, 2.05) is 0 Å². The number of hydrogen-bond donors (Lipinski definition) is 2. The zero-order valence-electron chi connectivity index (χ0n) is 13.7. The Morgan fingerprint density at radius 1 is 1.35 bits per heavy atom. The minimum absolute atomic E-state index is 0.0899. The van der Waals surface area contributed by atoms with Gasteiger partial charge in [0.15, 0.2) is 0 Å². The second-order valence-electron chi connectivity index (χ2n) is 7.50. The first-order valence-electron chi connectivity index (χ1n) is 8.21. The van der Waals surface area contributed by atoms with Gasteiger partial charge in [0.05, 0.1) is 12.1 Å². The molecule has 20 heavy (non-hydrogen) atoms. The summed E-state index contributed by atoms with van der Waals surface area (Å²) in [6.45, 7) is 9.18. The van der Waals surface area contributed by atoms with Crippen LogP contribution in [-0.2, 0) is 0 Å². The van der Waals surface area contributed by atoms with Gasteiger partial charge in [0.1, 0.15) is 0 Å². The predicted octanol–water partition coefficient (Wildman–Crippen LogP) is 1.01. The quantitative estimate of drug-likeness (QED) is 0.697. The number of aliphatic hydroxyl groups excluding tert-OH is 1. The van der Waals surface area contributed by atoms with E-state index >= 15 is 0 Å². The highest BCUT2D eigenvalue weighted by Crippen LogP contribution is 2.40. The van der Waals surface area contributed by atoms with E-state index in [0.29, 0.717) is 12.0 Å². The van der Waals surface area contributed by atoms with Crippen molar-refractivity contribution >= 4 is 0 Å². The number of aliphatic hydroxyl groups is 1. The van der Waals surface area contributed by atoms with Crippen molar-refractivity contribution in [2.24, 2.45) is 11.8 Å². The molecule has 0 spiro atoms. The van der Waals surface area contributed by atoms with Crippen molar-refractivity contribution in [1.82, 2.24) is 15.1 Å². The van der Waals surface area contributed by atoms with Crippen LogP contribution in [0.5, 0.6) is 0 Å². The molecular weight excluding hydrogens is 250 g/mol. The van der Waals surface area contributed by atoms with E-state index in [9.17, 15) is 5.11 Å². The van der Waals surface area contributed by atoms with Gasteiger partial charge >= 0.3 is 0 Å². The standard InChI is InChI=1S/C16H33N3O/c1-13(2)17-16(12-20,15-5-6-15)11-19(4)10-14-7-8-18(3)9-14/h13-15,17,20H,5-12H2,1-4H3. The van der Waals surface area contributed by atoms with Crippen LogP contribution in [0, 0.1) is 11.8 Å². The summed E-state index contributed by atoms with van der Waals surface area (Å²) in [5.74, 6) is 1.45. The van der Waals surface area contributed by atoms with Crippen molar-refractivity contribution in [3.63, 3.8) is 0 Å². The molecule has 2 unspecified atom stereocenters. The molecular formula is C16H33N3O. The smallest absolute Gasteiger partial charge is 0.0628 e. The number of rotatable bonds is 8. The lowest BCUT2D eigenvalue weighted by Gasteiger charge is -2.39. The van der Waals surface area contributed by atoms with Gasteiger partial charge in [0.2, 0.25) is 0 Å². The molecule has 2 rings (SSSR count). The van der Waals surface area contributed by atoms with E-state index in [0.717, 1.165) is 19.0 Å². The Morgan fingerprint density at radius 2 is 2.05 bits per heavy atom. The first-order chi connectivity index (χ1) is 9.45. The van der Waals surface area contributed by atoms with Crippen molar-refractivity contribution in [1.29, 1.82) is 0 Å². The molecule has 1 heterocycles. The molecule has 4 nitrogen and oxygen atoms in total. The zero-order valence-corrected chi connectivity index (χ0v) is 13.7. The van der Waals surface area contributed by atoms with Gasteiger partial charge in [-0.05, 0) is 51.7 Å². The van der Waals surface area contributed by atoms with E-state index in [2.05, 4.69) is 43.1 Å². The molecule has 0 bridgehead atoms. The lowest BCUT2D eigenvalue weighted by atomic mass is 9.92. The zero-order chi connectivity index (χ0) is 14.8. The lowest BCUT2D eigenvalue weighted by molar-refractivity contribution is 0.0879. The normalized spacial score (nSPS) is 27.4. The fourth-order valence-corrected chi connectivity index (χ4v) is 3.89. The van der Waals surface area contributed by atoms with Crippen LogP contribution in [-0.4, -0.2) is 73.4 Å². The highest BCUT2D eigenvalue weighted by Gasteiger charge is 2.45. The summed E-state index contributed by atoms with van der Waals surface area (Å²) >= 11 is 0. The molecule has 2 aliphatic rings. The molecule has 2 fully saturated rings. The van der Waals surface area contributed by atoms with Crippen LogP contribution in [0.2, 0.25) is 0 Å². The third-order valence-electron chi connectivity index (χ3n) is 4.83. The van der Waals surface area contributed by atoms with Crippen LogP contribution in [0.15, 0.2) is 0 Å². The second kappa shape index (κ2) is 6.73. The SMILES string of the molecule is CC(C)NC(CO)(CN(C)CC1CCN(C)C1)C1CC1. The third-order valence-corrected chi connectivity index (χ3v) is 4.83. The minimum Gasteiger partial charge on any atom is -0.394 e. The first-order valence-corrected chi connectivity index (χ1v) is 8.21. The number of nitrogens with one attached hydrogen (secondary N) is 1. The van der Waals surface area contributed by atoms with Gasteiger partial charge in [-0.15, -0.1) is 0 Å². The van der Waals surface area contributed by atoms with E-state index < -0.39 is 0 Å². The molecule has 0 radical (unpaired) electrons. The second-order valence-corrected chi connectivity index (χ2v) is 7.50. The van der Waals surface area contributed by atoms with Crippen molar-refractivity contribution in [2.45, 2.75) is 44.7 Å². The Labute approximate surface area is 124 Å². The molecule has 0 aromatic heterocycles. The van der Waals surface area contributed by atoms with Gasteiger partial charge in [-0.3, -0.25) is 0 Å². The van der Waals surface area contributed by atoms with Gasteiger partial charge in [-0.25, -0.2) is 0 Å². The molecule has 1 aliphatic carbocycles. The first kappa shape index (κ1) is 16.2. The van der Waals surface area contributed by atoms with Crippen LogP contribution in [0.3, 0.4) is 0 Å².